The van der Waals surface area contributed by atoms with Gasteiger partial charge in [-0.05, 0) is 30.9 Å². The number of carbonyl (C=O) groups excluding carboxylic acids is 2. The molecule has 2 unspecified atom stereocenters. The molecule has 2 atom stereocenters. The van der Waals surface area contributed by atoms with E-state index in [4.69, 9.17) is 5.73 Å². The molecule has 2 amide bonds. The van der Waals surface area contributed by atoms with Crippen molar-refractivity contribution >= 4 is 29.9 Å². The molecule has 1 aromatic carbocycles. The molecule has 1 aliphatic carbocycles. The van der Waals surface area contributed by atoms with Gasteiger partial charge in [-0.2, -0.15) is 0 Å². The molecule has 0 aromatic heterocycles. The standard InChI is InChI=1S/C19H25F2N3O2.ClH/c20-14-6-7-17(15(21)9-14)24-11-13(8-18(24)25)19(26)23-16(10-22)12-4-2-1-3-5-12;/h6-7,9,12-13,16H,1-5,8,10-11,22H2,(H,23,26);1H. The Morgan fingerprint density at radius 1 is 1.26 bits per heavy atom. The molecule has 1 aromatic rings. The van der Waals surface area contributed by atoms with Gasteiger partial charge in [0.05, 0.1) is 11.6 Å². The van der Waals surface area contributed by atoms with Crippen molar-refractivity contribution in [3.8, 4) is 0 Å². The number of nitrogens with one attached hydrogen (secondary N) is 1. The maximum atomic E-state index is 14.0. The average molecular weight is 402 g/mol. The second-order valence-corrected chi connectivity index (χ2v) is 7.25. The van der Waals surface area contributed by atoms with Crippen LogP contribution in [0.25, 0.3) is 0 Å². The molecule has 1 saturated carbocycles. The third-order valence-electron chi connectivity index (χ3n) is 5.50. The van der Waals surface area contributed by atoms with Crippen LogP contribution in [0.5, 0.6) is 0 Å². The van der Waals surface area contributed by atoms with Gasteiger partial charge in [-0.25, -0.2) is 8.78 Å². The lowest BCUT2D eigenvalue weighted by Crippen LogP contribution is -2.48. The molecule has 5 nitrogen and oxygen atoms in total. The Bertz CT molecular complexity index is 683. The van der Waals surface area contributed by atoms with Crippen molar-refractivity contribution in [3.63, 3.8) is 0 Å². The fourth-order valence-corrected chi connectivity index (χ4v) is 4.02. The average Bonchev–Trinajstić information content (AvgIpc) is 3.02. The van der Waals surface area contributed by atoms with Crippen molar-refractivity contribution in [2.75, 3.05) is 18.0 Å². The van der Waals surface area contributed by atoms with Crippen LogP contribution in [-0.4, -0.2) is 30.9 Å². The Kier molecular flexibility index (Phi) is 7.56. The zero-order chi connectivity index (χ0) is 18.7. The normalized spacial score (nSPS) is 21.7. The van der Waals surface area contributed by atoms with Gasteiger partial charge in [0.2, 0.25) is 11.8 Å². The number of benzene rings is 1. The van der Waals surface area contributed by atoms with E-state index in [1.165, 1.54) is 17.4 Å². The number of halogens is 3. The summed E-state index contributed by atoms with van der Waals surface area (Å²) in [6.07, 6.45) is 5.64. The first-order valence-corrected chi connectivity index (χ1v) is 9.25. The van der Waals surface area contributed by atoms with E-state index < -0.39 is 17.6 Å². The molecule has 0 radical (unpaired) electrons. The Balaban J connectivity index is 0.00000261. The number of nitrogens with zero attached hydrogens (tertiary/aromatic N) is 1. The second kappa shape index (κ2) is 9.46. The predicted molar refractivity (Wildman–Crippen MR) is 102 cm³/mol. The second-order valence-electron chi connectivity index (χ2n) is 7.25. The zero-order valence-corrected chi connectivity index (χ0v) is 15.9. The number of rotatable bonds is 5. The Morgan fingerprint density at radius 3 is 2.59 bits per heavy atom. The highest BCUT2D eigenvalue weighted by molar-refractivity contribution is 6.00. The Labute approximate surface area is 164 Å². The summed E-state index contributed by atoms with van der Waals surface area (Å²) in [4.78, 5) is 26.1. The van der Waals surface area contributed by atoms with E-state index in [-0.39, 0.29) is 48.9 Å². The molecule has 150 valence electrons. The monoisotopic (exact) mass is 401 g/mol. The predicted octanol–water partition coefficient (Wildman–Crippen LogP) is 2.76. The van der Waals surface area contributed by atoms with Crippen LogP contribution >= 0.6 is 12.4 Å². The highest BCUT2D eigenvalue weighted by atomic mass is 35.5. The van der Waals surface area contributed by atoms with E-state index in [0.717, 1.165) is 37.8 Å². The minimum atomic E-state index is -0.804. The number of nitrogens with two attached hydrogens (primary N) is 1. The molecule has 3 N–H and O–H groups in total. The van der Waals surface area contributed by atoms with Gasteiger partial charge in [-0.3, -0.25) is 9.59 Å². The first kappa shape index (κ1) is 21.6. The van der Waals surface area contributed by atoms with Crippen molar-refractivity contribution < 1.29 is 18.4 Å². The fraction of sp³-hybridized carbons (Fsp3) is 0.579. The minimum absolute atomic E-state index is 0. The topological polar surface area (TPSA) is 75.4 Å². The van der Waals surface area contributed by atoms with Crippen LogP contribution in [0.2, 0.25) is 0 Å². The lowest BCUT2D eigenvalue weighted by Gasteiger charge is -2.30. The van der Waals surface area contributed by atoms with E-state index in [9.17, 15) is 18.4 Å². The third kappa shape index (κ3) is 4.96. The highest BCUT2D eigenvalue weighted by Gasteiger charge is 2.37. The molecular weight excluding hydrogens is 376 g/mol. The summed E-state index contributed by atoms with van der Waals surface area (Å²) >= 11 is 0. The largest absolute Gasteiger partial charge is 0.352 e. The zero-order valence-electron chi connectivity index (χ0n) is 15.1. The minimum Gasteiger partial charge on any atom is -0.352 e. The number of hydrogen-bond donors (Lipinski definition) is 2. The van der Waals surface area contributed by atoms with Crippen molar-refractivity contribution in [1.82, 2.24) is 5.32 Å². The Hall–Kier alpha value is -1.73. The van der Waals surface area contributed by atoms with E-state index in [1.807, 2.05) is 0 Å². The van der Waals surface area contributed by atoms with Crippen LogP contribution in [0, 0.1) is 23.5 Å². The summed E-state index contributed by atoms with van der Waals surface area (Å²) in [6, 6.07) is 2.98. The third-order valence-corrected chi connectivity index (χ3v) is 5.50. The van der Waals surface area contributed by atoms with Gasteiger partial charge < -0.3 is 16.0 Å². The quantitative estimate of drug-likeness (QED) is 0.796. The Morgan fingerprint density at radius 2 is 1.96 bits per heavy atom. The molecule has 0 bridgehead atoms. The van der Waals surface area contributed by atoms with Gasteiger partial charge in [0, 0.05) is 31.6 Å². The molecule has 2 fully saturated rings. The summed E-state index contributed by atoms with van der Waals surface area (Å²) in [5.41, 5.74) is 5.86. The lowest BCUT2D eigenvalue weighted by atomic mass is 9.83. The maximum absolute atomic E-state index is 14.0. The molecule has 1 heterocycles. The van der Waals surface area contributed by atoms with Crippen molar-refractivity contribution in [3.05, 3.63) is 29.8 Å². The molecule has 0 spiro atoms. The molecule has 1 aliphatic heterocycles. The van der Waals surface area contributed by atoms with Gasteiger partial charge in [-0.15, -0.1) is 12.4 Å². The van der Waals surface area contributed by atoms with Crippen LogP contribution in [0.1, 0.15) is 38.5 Å². The molecule has 27 heavy (non-hydrogen) atoms. The first-order chi connectivity index (χ1) is 12.5. The van der Waals surface area contributed by atoms with E-state index in [1.54, 1.807) is 0 Å². The molecule has 3 rings (SSSR count). The molecule has 2 aliphatic rings. The first-order valence-electron chi connectivity index (χ1n) is 9.25. The van der Waals surface area contributed by atoms with Crippen LogP contribution < -0.4 is 16.0 Å². The van der Waals surface area contributed by atoms with Gasteiger partial charge in [0.25, 0.3) is 0 Å². The van der Waals surface area contributed by atoms with Crippen LogP contribution in [0.4, 0.5) is 14.5 Å². The van der Waals surface area contributed by atoms with Crippen LogP contribution in [-0.2, 0) is 9.59 Å². The van der Waals surface area contributed by atoms with Gasteiger partial charge >= 0.3 is 0 Å². The van der Waals surface area contributed by atoms with Crippen LogP contribution in [0.15, 0.2) is 18.2 Å². The van der Waals surface area contributed by atoms with E-state index in [2.05, 4.69) is 5.32 Å². The summed E-state index contributed by atoms with van der Waals surface area (Å²) in [7, 11) is 0. The maximum Gasteiger partial charge on any atom is 0.227 e. The van der Waals surface area contributed by atoms with E-state index >= 15 is 0 Å². The van der Waals surface area contributed by atoms with Gasteiger partial charge in [0.1, 0.15) is 11.6 Å². The lowest BCUT2D eigenvalue weighted by molar-refractivity contribution is -0.127. The number of anilines is 1. The number of hydrogen-bond acceptors (Lipinski definition) is 3. The van der Waals surface area contributed by atoms with E-state index in [0.29, 0.717) is 12.5 Å². The number of amides is 2. The SMILES string of the molecule is Cl.NCC(NC(=O)C1CC(=O)N(c2ccc(F)cc2F)C1)C1CCCCC1. The summed E-state index contributed by atoms with van der Waals surface area (Å²) in [5, 5.41) is 3.00. The van der Waals surface area contributed by atoms with Gasteiger partial charge in [-0.1, -0.05) is 19.3 Å². The van der Waals surface area contributed by atoms with Gasteiger partial charge in [0.15, 0.2) is 0 Å². The molecule has 1 saturated heterocycles. The van der Waals surface area contributed by atoms with Crippen molar-refractivity contribution in [2.45, 2.75) is 44.6 Å². The van der Waals surface area contributed by atoms with Crippen LogP contribution in [0.3, 0.4) is 0 Å². The summed E-state index contributed by atoms with van der Waals surface area (Å²) in [6.45, 7) is 0.461. The van der Waals surface area contributed by atoms with Crippen molar-refractivity contribution in [1.29, 1.82) is 0 Å². The molecular formula is C19H26ClF2N3O2. The van der Waals surface area contributed by atoms with Crippen molar-refractivity contribution in [2.24, 2.45) is 17.6 Å². The molecule has 8 heteroatoms. The fourth-order valence-electron chi connectivity index (χ4n) is 4.02. The number of carbonyl (C=O) groups is 2. The highest BCUT2D eigenvalue weighted by Crippen LogP contribution is 2.29. The smallest absolute Gasteiger partial charge is 0.227 e. The summed E-state index contributed by atoms with van der Waals surface area (Å²) in [5.74, 6) is -2.24. The summed E-state index contributed by atoms with van der Waals surface area (Å²) < 4.78 is 27.0.